The van der Waals surface area contributed by atoms with E-state index in [2.05, 4.69) is 40.9 Å². The Bertz CT molecular complexity index is 1390. The molecule has 4 N–H and O–H groups in total. The number of carbonyl (C=O) groups excluding carboxylic acids is 1. The van der Waals surface area contributed by atoms with Gasteiger partial charge in [0.15, 0.2) is 11.4 Å². The Hall–Kier alpha value is -4.28. The van der Waals surface area contributed by atoms with Crippen molar-refractivity contribution in [2.45, 2.75) is 25.4 Å². The standard InChI is InChI=1S/C26H26N8O2/c1-17-4-2-7-20(30-17)24-29-12-9-22(34-24)32-21-8-11-28-23(33-21)15-18-5-3-6-19(14-18)31-25(35)26(36)10-13-27-16-26/h2-9,11-12,14,27,36H,10,13,15-16H2,1H3,(H,31,35)(H,28,29,32,33,34). The molecule has 1 fully saturated rings. The monoisotopic (exact) mass is 482 g/mol. The summed E-state index contributed by atoms with van der Waals surface area (Å²) in [5, 5.41) is 19.5. The molecule has 182 valence electrons. The summed E-state index contributed by atoms with van der Waals surface area (Å²) < 4.78 is 0. The van der Waals surface area contributed by atoms with Crippen LogP contribution in [-0.2, 0) is 11.2 Å². The van der Waals surface area contributed by atoms with E-state index in [1.54, 1.807) is 30.6 Å². The number of benzene rings is 1. The Morgan fingerprint density at radius 1 is 1.03 bits per heavy atom. The Balaban J connectivity index is 1.27. The van der Waals surface area contributed by atoms with Crippen LogP contribution < -0.4 is 16.0 Å². The fourth-order valence-electron chi connectivity index (χ4n) is 3.97. The molecule has 1 saturated heterocycles. The molecule has 36 heavy (non-hydrogen) atoms. The number of amides is 1. The molecule has 1 aromatic carbocycles. The van der Waals surface area contributed by atoms with Crippen LogP contribution in [0.4, 0.5) is 17.3 Å². The zero-order valence-corrected chi connectivity index (χ0v) is 19.8. The van der Waals surface area contributed by atoms with E-state index >= 15 is 0 Å². The zero-order valence-electron chi connectivity index (χ0n) is 19.8. The number of hydrogen-bond donors (Lipinski definition) is 4. The maximum absolute atomic E-state index is 12.5. The SMILES string of the molecule is Cc1cccc(-c2nccc(Nc3ccnc(Cc4cccc(NC(=O)C5(O)CCNC5)c4)n3)n2)n1. The van der Waals surface area contributed by atoms with Gasteiger partial charge in [-0.3, -0.25) is 4.79 Å². The highest BCUT2D eigenvalue weighted by atomic mass is 16.3. The number of nitrogens with zero attached hydrogens (tertiary/aromatic N) is 5. The number of aromatic nitrogens is 5. The molecule has 1 aliphatic rings. The number of anilines is 3. The summed E-state index contributed by atoms with van der Waals surface area (Å²) >= 11 is 0. The molecular weight excluding hydrogens is 456 g/mol. The minimum Gasteiger partial charge on any atom is -0.379 e. The van der Waals surface area contributed by atoms with Crippen molar-refractivity contribution >= 4 is 23.2 Å². The molecule has 0 bridgehead atoms. The second-order valence-electron chi connectivity index (χ2n) is 8.70. The highest BCUT2D eigenvalue weighted by Crippen LogP contribution is 2.20. The maximum Gasteiger partial charge on any atom is 0.257 e. The molecule has 0 saturated carbocycles. The van der Waals surface area contributed by atoms with Crippen LogP contribution in [0.2, 0.25) is 0 Å². The first-order valence-corrected chi connectivity index (χ1v) is 11.7. The molecule has 0 aliphatic carbocycles. The number of carbonyl (C=O) groups is 1. The highest BCUT2D eigenvalue weighted by molar-refractivity contribution is 5.97. The first-order chi connectivity index (χ1) is 17.5. The van der Waals surface area contributed by atoms with Gasteiger partial charge in [0, 0.05) is 36.7 Å². The van der Waals surface area contributed by atoms with Gasteiger partial charge in [-0.2, -0.15) is 0 Å². The van der Waals surface area contributed by atoms with Crippen molar-refractivity contribution in [3.63, 3.8) is 0 Å². The van der Waals surface area contributed by atoms with Crippen LogP contribution in [0, 0.1) is 6.92 Å². The smallest absolute Gasteiger partial charge is 0.257 e. The second kappa shape index (κ2) is 10.1. The number of aliphatic hydroxyl groups is 1. The number of aryl methyl sites for hydroxylation is 1. The predicted molar refractivity (Wildman–Crippen MR) is 136 cm³/mol. The van der Waals surface area contributed by atoms with Crippen LogP contribution >= 0.6 is 0 Å². The third kappa shape index (κ3) is 5.51. The van der Waals surface area contributed by atoms with E-state index in [1.165, 1.54) is 0 Å². The van der Waals surface area contributed by atoms with E-state index < -0.39 is 11.5 Å². The van der Waals surface area contributed by atoms with Crippen molar-refractivity contribution in [2.75, 3.05) is 23.7 Å². The fourth-order valence-corrected chi connectivity index (χ4v) is 3.97. The molecule has 1 amide bonds. The fraction of sp³-hybridized carbons (Fsp3) is 0.231. The first kappa shape index (κ1) is 23.5. The van der Waals surface area contributed by atoms with E-state index in [0.29, 0.717) is 54.1 Å². The molecule has 3 aromatic heterocycles. The molecule has 0 radical (unpaired) electrons. The lowest BCUT2D eigenvalue weighted by Crippen LogP contribution is -2.44. The molecular formula is C26H26N8O2. The van der Waals surface area contributed by atoms with Crippen LogP contribution in [0.3, 0.4) is 0 Å². The highest BCUT2D eigenvalue weighted by Gasteiger charge is 2.38. The average molecular weight is 483 g/mol. The Kier molecular flexibility index (Phi) is 6.61. The molecule has 1 unspecified atom stereocenters. The second-order valence-corrected chi connectivity index (χ2v) is 8.70. The summed E-state index contributed by atoms with van der Waals surface area (Å²) in [6, 6.07) is 16.7. The van der Waals surface area contributed by atoms with E-state index in [-0.39, 0.29) is 6.54 Å². The van der Waals surface area contributed by atoms with Gasteiger partial charge < -0.3 is 21.1 Å². The lowest BCUT2D eigenvalue weighted by atomic mass is 10.0. The largest absolute Gasteiger partial charge is 0.379 e. The molecule has 1 aliphatic heterocycles. The normalized spacial score (nSPS) is 17.1. The van der Waals surface area contributed by atoms with E-state index in [9.17, 15) is 9.90 Å². The summed E-state index contributed by atoms with van der Waals surface area (Å²) in [6.45, 7) is 2.79. The summed E-state index contributed by atoms with van der Waals surface area (Å²) in [5.41, 5.74) is 1.76. The van der Waals surface area contributed by atoms with Gasteiger partial charge in [-0.25, -0.2) is 24.9 Å². The third-order valence-electron chi connectivity index (χ3n) is 5.84. The lowest BCUT2D eigenvalue weighted by Gasteiger charge is -2.20. The predicted octanol–water partition coefficient (Wildman–Crippen LogP) is 2.63. The van der Waals surface area contributed by atoms with Crippen molar-refractivity contribution in [1.29, 1.82) is 0 Å². The number of nitrogens with one attached hydrogen (secondary N) is 3. The first-order valence-electron chi connectivity index (χ1n) is 11.7. The minimum absolute atomic E-state index is 0.251. The van der Waals surface area contributed by atoms with Crippen LogP contribution in [0.1, 0.15) is 23.5 Å². The van der Waals surface area contributed by atoms with Crippen LogP contribution in [-0.4, -0.2) is 54.6 Å². The van der Waals surface area contributed by atoms with E-state index in [1.807, 2.05) is 43.3 Å². The lowest BCUT2D eigenvalue weighted by molar-refractivity contribution is -0.132. The van der Waals surface area contributed by atoms with Gasteiger partial charge in [0.25, 0.3) is 5.91 Å². The van der Waals surface area contributed by atoms with Gasteiger partial charge in [0.2, 0.25) is 0 Å². The van der Waals surface area contributed by atoms with Crippen molar-refractivity contribution < 1.29 is 9.90 Å². The van der Waals surface area contributed by atoms with Gasteiger partial charge in [-0.15, -0.1) is 0 Å². The molecule has 10 heteroatoms. The Morgan fingerprint density at radius 2 is 1.83 bits per heavy atom. The van der Waals surface area contributed by atoms with Crippen molar-refractivity contribution in [3.8, 4) is 11.5 Å². The molecule has 0 spiro atoms. The summed E-state index contributed by atoms with van der Waals surface area (Å²) in [5.74, 6) is 1.92. The van der Waals surface area contributed by atoms with Crippen molar-refractivity contribution in [2.24, 2.45) is 0 Å². The zero-order chi connectivity index (χ0) is 25.0. The summed E-state index contributed by atoms with van der Waals surface area (Å²) in [6.07, 6.45) is 4.21. The van der Waals surface area contributed by atoms with Crippen LogP contribution in [0.25, 0.3) is 11.5 Å². The van der Waals surface area contributed by atoms with Gasteiger partial charge >= 0.3 is 0 Å². The molecule has 5 rings (SSSR count). The average Bonchev–Trinajstić information content (AvgIpc) is 3.33. The molecule has 4 aromatic rings. The third-order valence-corrected chi connectivity index (χ3v) is 5.84. The number of pyridine rings is 1. The van der Waals surface area contributed by atoms with Gasteiger partial charge in [-0.05, 0) is 61.9 Å². The van der Waals surface area contributed by atoms with Crippen molar-refractivity contribution in [1.82, 2.24) is 30.2 Å². The number of β-amino-alcohol motifs (C(OH)–C–C–N with tert-alkyl or cyclic N) is 1. The molecule has 1 atom stereocenters. The number of rotatable bonds is 7. The number of hydrogen-bond acceptors (Lipinski definition) is 9. The summed E-state index contributed by atoms with van der Waals surface area (Å²) in [4.78, 5) is 34.9. The van der Waals surface area contributed by atoms with Gasteiger partial charge in [0.1, 0.15) is 23.2 Å². The molecule has 10 nitrogen and oxygen atoms in total. The van der Waals surface area contributed by atoms with Gasteiger partial charge in [0.05, 0.1) is 0 Å². The van der Waals surface area contributed by atoms with Crippen LogP contribution in [0.5, 0.6) is 0 Å². The van der Waals surface area contributed by atoms with Crippen LogP contribution in [0.15, 0.2) is 67.0 Å². The quantitative estimate of drug-likeness (QED) is 0.313. The minimum atomic E-state index is -1.38. The Morgan fingerprint density at radius 3 is 2.64 bits per heavy atom. The van der Waals surface area contributed by atoms with E-state index in [0.717, 1.165) is 11.3 Å². The summed E-state index contributed by atoms with van der Waals surface area (Å²) in [7, 11) is 0. The van der Waals surface area contributed by atoms with E-state index in [4.69, 9.17) is 0 Å². The van der Waals surface area contributed by atoms with Crippen molar-refractivity contribution in [3.05, 3.63) is 84.1 Å². The molecule has 4 heterocycles. The topological polar surface area (TPSA) is 138 Å². The maximum atomic E-state index is 12.5. The Labute approximate surface area is 208 Å². The van der Waals surface area contributed by atoms with Gasteiger partial charge in [-0.1, -0.05) is 18.2 Å².